The zero-order valence-corrected chi connectivity index (χ0v) is 13.1. The van der Waals surface area contributed by atoms with Gasteiger partial charge in [-0.05, 0) is 33.0 Å². The van der Waals surface area contributed by atoms with Gasteiger partial charge in [-0.3, -0.25) is 0 Å². The highest BCUT2D eigenvalue weighted by atomic mass is 79.9. The van der Waals surface area contributed by atoms with Crippen LogP contribution < -0.4 is 0 Å². The van der Waals surface area contributed by atoms with Crippen molar-refractivity contribution in [2.24, 2.45) is 0 Å². The first-order valence-electron chi connectivity index (χ1n) is 5.55. The number of ether oxygens (including phenoxy) is 1. The van der Waals surface area contributed by atoms with Crippen molar-refractivity contribution >= 4 is 24.2 Å². The molecule has 0 fully saturated rings. The highest BCUT2D eigenvalue weighted by molar-refractivity contribution is 9.11. The molecule has 0 aliphatic heterocycles. The minimum Gasteiger partial charge on any atom is -0.389 e. The van der Waals surface area contributed by atoms with E-state index in [4.69, 9.17) is 9.16 Å². The Hall–Kier alpha value is 0.357. The minimum absolute atomic E-state index is 0.215. The molecule has 0 aliphatic carbocycles. The van der Waals surface area contributed by atoms with Gasteiger partial charge in [0.25, 0.3) is 0 Å². The molecule has 0 heterocycles. The van der Waals surface area contributed by atoms with E-state index in [9.17, 15) is 0 Å². The van der Waals surface area contributed by atoms with Crippen LogP contribution in [0.5, 0.6) is 0 Å². The van der Waals surface area contributed by atoms with Gasteiger partial charge in [-0.25, -0.2) is 0 Å². The normalized spacial score (nSPS) is 15.5. The number of allylic oxidation sites excluding steroid dienone is 1. The molecule has 0 aliphatic rings. The molecule has 90 valence electrons. The van der Waals surface area contributed by atoms with Gasteiger partial charge in [0, 0.05) is 11.1 Å². The molecule has 15 heavy (non-hydrogen) atoms. The van der Waals surface area contributed by atoms with Crippen molar-refractivity contribution in [3.63, 3.8) is 0 Å². The van der Waals surface area contributed by atoms with E-state index in [1.54, 1.807) is 0 Å². The molecule has 1 unspecified atom stereocenters. The Balaban J connectivity index is 4.37. The number of rotatable bonds is 7. The molecule has 0 aromatic heterocycles. The van der Waals surface area contributed by atoms with Crippen LogP contribution in [-0.4, -0.2) is 21.2 Å². The lowest BCUT2D eigenvalue weighted by atomic mass is 10.3. The van der Waals surface area contributed by atoms with Crippen LogP contribution in [-0.2, 0) is 9.16 Å². The summed E-state index contributed by atoms with van der Waals surface area (Å²) in [6.45, 7) is 11.3. The largest absolute Gasteiger partial charge is 0.389 e. The monoisotopic (exact) mass is 294 g/mol. The SMILES string of the molecule is CCC/C=C(\Br)C(OCC)O[Si](C)(C)C. The average Bonchev–Trinajstić information content (AvgIpc) is 2.11. The second kappa shape index (κ2) is 7.60. The molecule has 0 N–H and O–H groups in total. The molecule has 4 heteroatoms. The van der Waals surface area contributed by atoms with E-state index in [-0.39, 0.29) is 6.29 Å². The number of hydrogen-bond donors (Lipinski definition) is 0. The molecule has 0 bridgehead atoms. The molecular formula is C11H23BrO2Si. The predicted molar refractivity (Wildman–Crippen MR) is 71.8 cm³/mol. The summed E-state index contributed by atoms with van der Waals surface area (Å²) in [6, 6.07) is 0. The first-order chi connectivity index (χ1) is 6.90. The quantitative estimate of drug-likeness (QED) is 0.515. The van der Waals surface area contributed by atoms with Gasteiger partial charge < -0.3 is 9.16 Å². The molecular weight excluding hydrogens is 272 g/mol. The predicted octanol–water partition coefficient (Wildman–Crippen LogP) is 4.28. The standard InChI is InChI=1S/C11H23BrO2Si/c1-6-8-9-10(12)11(13-7-2)14-15(3,4)5/h9,11H,6-8H2,1-5H3/b10-9-. The summed E-state index contributed by atoms with van der Waals surface area (Å²) >= 11 is 3.53. The third-order valence-corrected chi connectivity index (χ3v) is 3.25. The van der Waals surface area contributed by atoms with E-state index in [1.807, 2.05) is 6.92 Å². The molecule has 1 atom stereocenters. The van der Waals surface area contributed by atoms with Crippen LogP contribution in [0.2, 0.25) is 19.6 Å². The van der Waals surface area contributed by atoms with E-state index in [0.29, 0.717) is 6.61 Å². The first kappa shape index (κ1) is 15.4. The van der Waals surface area contributed by atoms with E-state index < -0.39 is 8.32 Å². The van der Waals surface area contributed by atoms with E-state index in [0.717, 1.165) is 17.3 Å². The molecule has 0 radical (unpaired) electrons. The van der Waals surface area contributed by atoms with Gasteiger partial charge in [-0.15, -0.1) is 0 Å². The van der Waals surface area contributed by atoms with E-state index in [2.05, 4.69) is 48.6 Å². The zero-order chi connectivity index (χ0) is 11.9. The van der Waals surface area contributed by atoms with Crippen LogP contribution in [0.3, 0.4) is 0 Å². The van der Waals surface area contributed by atoms with Crippen LogP contribution in [0, 0.1) is 0 Å². The van der Waals surface area contributed by atoms with Crippen LogP contribution in [0.15, 0.2) is 10.6 Å². The summed E-state index contributed by atoms with van der Waals surface area (Å²) in [6.07, 6.45) is 4.12. The Morgan fingerprint density at radius 3 is 2.33 bits per heavy atom. The van der Waals surface area contributed by atoms with Crippen molar-refractivity contribution in [1.29, 1.82) is 0 Å². The molecule has 0 saturated carbocycles. The fourth-order valence-corrected chi connectivity index (χ4v) is 2.49. The Kier molecular flexibility index (Phi) is 7.78. The maximum Gasteiger partial charge on any atom is 0.187 e. The smallest absolute Gasteiger partial charge is 0.187 e. The van der Waals surface area contributed by atoms with Gasteiger partial charge in [0.1, 0.15) is 0 Å². The van der Waals surface area contributed by atoms with Gasteiger partial charge in [0.15, 0.2) is 14.6 Å². The second-order valence-corrected chi connectivity index (χ2v) is 9.77. The molecule has 0 rings (SSSR count). The number of halogens is 1. The van der Waals surface area contributed by atoms with Crippen LogP contribution in [0.1, 0.15) is 26.7 Å². The van der Waals surface area contributed by atoms with Gasteiger partial charge in [-0.2, -0.15) is 0 Å². The van der Waals surface area contributed by atoms with Crippen molar-refractivity contribution in [1.82, 2.24) is 0 Å². The van der Waals surface area contributed by atoms with E-state index >= 15 is 0 Å². The third kappa shape index (κ3) is 8.19. The summed E-state index contributed by atoms with van der Waals surface area (Å²) in [5.41, 5.74) is 0. The summed E-state index contributed by atoms with van der Waals surface area (Å²) in [5.74, 6) is 0. The molecule has 2 nitrogen and oxygen atoms in total. The van der Waals surface area contributed by atoms with Gasteiger partial charge in [0.05, 0.1) is 0 Å². The highest BCUT2D eigenvalue weighted by Crippen LogP contribution is 2.21. The molecule has 0 aromatic carbocycles. The molecule has 0 amide bonds. The van der Waals surface area contributed by atoms with Gasteiger partial charge in [0.2, 0.25) is 0 Å². The Morgan fingerprint density at radius 1 is 1.33 bits per heavy atom. The summed E-state index contributed by atoms with van der Waals surface area (Å²) < 4.78 is 12.5. The highest BCUT2D eigenvalue weighted by Gasteiger charge is 2.23. The minimum atomic E-state index is -1.56. The summed E-state index contributed by atoms with van der Waals surface area (Å²) in [4.78, 5) is 0. The maximum absolute atomic E-state index is 5.94. The van der Waals surface area contributed by atoms with Gasteiger partial charge in [-0.1, -0.05) is 35.4 Å². The van der Waals surface area contributed by atoms with Crippen molar-refractivity contribution in [3.05, 3.63) is 10.6 Å². The van der Waals surface area contributed by atoms with Crippen LogP contribution >= 0.6 is 15.9 Å². The summed E-state index contributed by atoms with van der Waals surface area (Å²) in [5, 5.41) is 0. The lowest BCUT2D eigenvalue weighted by Crippen LogP contribution is -2.33. The lowest BCUT2D eigenvalue weighted by Gasteiger charge is -2.26. The van der Waals surface area contributed by atoms with Crippen molar-refractivity contribution < 1.29 is 9.16 Å². The average molecular weight is 295 g/mol. The number of unbranched alkanes of at least 4 members (excludes halogenated alkanes) is 1. The maximum atomic E-state index is 5.94. The van der Waals surface area contributed by atoms with Crippen molar-refractivity contribution in [2.45, 2.75) is 52.6 Å². The van der Waals surface area contributed by atoms with Crippen LogP contribution in [0.4, 0.5) is 0 Å². The first-order valence-corrected chi connectivity index (χ1v) is 9.75. The van der Waals surface area contributed by atoms with Crippen molar-refractivity contribution in [2.75, 3.05) is 6.61 Å². The second-order valence-electron chi connectivity index (χ2n) is 4.40. The molecule has 0 aromatic rings. The molecule has 0 saturated heterocycles. The van der Waals surface area contributed by atoms with Gasteiger partial charge >= 0.3 is 0 Å². The topological polar surface area (TPSA) is 18.5 Å². The lowest BCUT2D eigenvalue weighted by molar-refractivity contribution is -0.0478. The van der Waals surface area contributed by atoms with E-state index in [1.165, 1.54) is 0 Å². The van der Waals surface area contributed by atoms with Crippen molar-refractivity contribution in [3.8, 4) is 0 Å². The fourth-order valence-electron chi connectivity index (χ4n) is 1.02. The summed E-state index contributed by atoms with van der Waals surface area (Å²) in [7, 11) is -1.56. The Labute approximate surface area is 103 Å². The Bertz CT molecular complexity index is 199. The Morgan fingerprint density at radius 2 is 1.93 bits per heavy atom. The third-order valence-electron chi connectivity index (χ3n) is 1.63. The number of hydrogen-bond acceptors (Lipinski definition) is 2. The fraction of sp³-hybridized carbons (Fsp3) is 0.818. The molecule has 0 spiro atoms. The van der Waals surface area contributed by atoms with Crippen LogP contribution in [0.25, 0.3) is 0 Å². The zero-order valence-electron chi connectivity index (χ0n) is 10.5.